The van der Waals surface area contributed by atoms with Crippen LogP contribution >= 0.6 is 0 Å². The topological polar surface area (TPSA) is 68.0 Å². The lowest BCUT2D eigenvalue weighted by Crippen LogP contribution is -2.33. The van der Waals surface area contributed by atoms with Crippen molar-refractivity contribution < 1.29 is 14.6 Å². The number of hydrogen-bond donors (Lipinski definition) is 2. The molecule has 3 N–H and O–H groups in total. The molecule has 0 aromatic heterocycles. The van der Waals surface area contributed by atoms with Crippen LogP contribution in [0.5, 0.6) is 11.5 Å². The molecule has 1 aromatic rings. The van der Waals surface area contributed by atoms with E-state index in [1.165, 1.54) is 19.3 Å². The van der Waals surface area contributed by atoms with Crippen molar-refractivity contribution in [1.82, 2.24) is 4.90 Å². The molecule has 0 radical (unpaired) electrons. The second-order valence-electron chi connectivity index (χ2n) is 5.42. The summed E-state index contributed by atoms with van der Waals surface area (Å²) in [6.07, 6.45) is 3.88. The number of likely N-dealkylation sites (tertiary alicyclic amines) is 1. The molecule has 1 aliphatic rings. The molecule has 1 heterocycles. The molecule has 2 rings (SSSR count). The molecule has 0 amide bonds. The molecule has 1 fully saturated rings. The lowest BCUT2D eigenvalue weighted by molar-refractivity contribution is 0.178. The highest BCUT2D eigenvalue weighted by Crippen LogP contribution is 2.34. The molecule has 5 heteroatoms. The van der Waals surface area contributed by atoms with E-state index in [-0.39, 0.29) is 6.61 Å². The van der Waals surface area contributed by atoms with E-state index in [2.05, 4.69) is 4.90 Å². The standard InChI is InChI=1S/C16H26N2O3/c1-20-15-7-5-6-13(14(17)12-19)16(15)21-11-10-18-8-3-2-4-9-18/h5-7,14,19H,2-4,8-12,17H2,1H3/t14-/m1/s1. The maximum Gasteiger partial charge on any atom is 0.166 e. The van der Waals surface area contributed by atoms with E-state index in [9.17, 15) is 5.11 Å². The highest BCUT2D eigenvalue weighted by Gasteiger charge is 2.17. The third kappa shape index (κ3) is 4.33. The fraction of sp³-hybridized carbons (Fsp3) is 0.625. The molecule has 5 nitrogen and oxygen atoms in total. The van der Waals surface area contributed by atoms with Gasteiger partial charge in [0.1, 0.15) is 6.61 Å². The number of benzene rings is 1. The first-order valence-corrected chi connectivity index (χ1v) is 7.64. The van der Waals surface area contributed by atoms with Gasteiger partial charge in [0.2, 0.25) is 0 Å². The number of piperidine rings is 1. The van der Waals surface area contributed by atoms with Crippen molar-refractivity contribution in [1.29, 1.82) is 0 Å². The first kappa shape index (κ1) is 16.1. The molecule has 1 aliphatic heterocycles. The molecule has 1 saturated heterocycles. The Balaban J connectivity index is 1.99. The van der Waals surface area contributed by atoms with Gasteiger partial charge in [0.15, 0.2) is 11.5 Å². The molecular formula is C16H26N2O3. The number of hydrogen-bond acceptors (Lipinski definition) is 5. The van der Waals surface area contributed by atoms with Crippen LogP contribution in [0.4, 0.5) is 0 Å². The van der Waals surface area contributed by atoms with Crippen LogP contribution in [0.2, 0.25) is 0 Å². The van der Waals surface area contributed by atoms with Crippen molar-refractivity contribution >= 4 is 0 Å². The predicted molar refractivity (Wildman–Crippen MR) is 82.8 cm³/mol. The number of rotatable bonds is 7. The number of aliphatic hydroxyl groups is 1. The summed E-state index contributed by atoms with van der Waals surface area (Å²) >= 11 is 0. The van der Waals surface area contributed by atoms with Crippen molar-refractivity contribution in [2.24, 2.45) is 5.73 Å². The number of para-hydroxylation sites is 1. The Morgan fingerprint density at radius 2 is 2.05 bits per heavy atom. The van der Waals surface area contributed by atoms with Gasteiger partial charge in [0, 0.05) is 12.1 Å². The molecule has 1 atom stereocenters. The summed E-state index contributed by atoms with van der Waals surface area (Å²) in [5.74, 6) is 1.31. The van der Waals surface area contributed by atoms with E-state index in [4.69, 9.17) is 15.2 Å². The minimum Gasteiger partial charge on any atom is -0.493 e. The quantitative estimate of drug-likeness (QED) is 0.798. The molecule has 1 aromatic carbocycles. The van der Waals surface area contributed by atoms with Gasteiger partial charge in [0.25, 0.3) is 0 Å². The van der Waals surface area contributed by atoms with Crippen molar-refractivity contribution in [3.05, 3.63) is 23.8 Å². The Kier molecular flexibility index (Phi) is 6.29. The highest BCUT2D eigenvalue weighted by molar-refractivity contribution is 5.48. The van der Waals surface area contributed by atoms with E-state index in [1.807, 2.05) is 18.2 Å². The number of ether oxygens (including phenoxy) is 2. The van der Waals surface area contributed by atoms with Crippen LogP contribution in [0, 0.1) is 0 Å². The van der Waals surface area contributed by atoms with Crippen molar-refractivity contribution in [3.8, 4) is 11.5 Å². The number of aliphatic hydroxyl groups excluding tert-OH is 1. The lowest BCUT2D eigenvalue weighted by Gasteiger charge is -2.26. The van der Waals surface area contributed by atoms with Gasteiger partial charge in [-0.25, -0.2) is 0 Å². The van der Waals surface area contributed by atoms with E-state index in [0.717, 1.165) is 25.2 Å². The zero-order valence-corrected chi connectivity index (χ0v) is 12.8. The second-order valence-corrected chi connectivity index (χ2v) is 5.42. The average molecular weight is 294 g/mol. The van der Waals surface area contributed by atoms with Crippen molar-refractivity contribution in [2.75, 3.05) is 40.0 Å². The first-order chi connectivity index (χ1) is 10.3. The summed E-state index contributed by atoms with van der Waals surface area (Å²) in [6, 6.07) is 5.13. The van der Waals surface area contributed by atoms with Crippen LogP contribution in [-0.2, 0) is 0 Å². The minimum atomic E-state index is -0.454. The third-order valence-corrected chi connectivity index (χ3v) is 3.93. The lowest BCUT2D eigenvalue weighted by atomic mass is 10.1. The monoisotopic (exact) mass is 294 g/mol. The van der Waals surface area contributed by atoms with Gasteiger partial charge in [-0.2, -0.15) is 0 Å². The summed E-state index contributed by atoms with van der Waals surface area (Å²) in [5, 5.41) is 9.28. The van der Waals surface area contributed by atoms with Crippen LogP contribution in [0.25, 0.3) is 0 Å². The van der Waals surface area contributed by atoms with Gasteiger partial charge in [-0.15, -0.1) is 0 Å². The fourth-order valence-corrected chi connectivity index (χ4v) is 2.70. The summed E-state index contributed by atoms with van der Waals surface area (Å²) in [4.78, 5) is 2.42. The first-order valence-electron chi connectivity index (χ1n) is 7.64. The van der Waals surface area contributed by atoms with Crippen molar-refractivity contribution in [3.63, 3.8) is 0 Å². The summed E-state index contributed by atoms with van der Waals surface area (Å²) < 4.78 is 11.3. The van der Waals surface area contributed by atoms with Crippen LogP contribution in [0.15, 0.2) is 18.2 Å². The maximum absolute atomic E-state index is 9.28. The normalized spacial score (nSPS) is 17.5. The molecule has 0 saturated carbocycles. The maximum atomic E-state index is 9.28. The Hall–Kier alpha value is -1.30. The minimum absolute atomic E-state index is 0.115. The SMILES string of the molecule is COc1cccc([C@H](N)CO)c1OCCN1CCCCC1. The molecule has 21 heavy (non-hydrogen) atoms. The smallest absolute Gasteiger partial charge is 0.166 e. The molecule has 0 aliphatic carbocycles. The van der Waals surface area contributed by atoms with E-state index in [0.29, 0.717) is 18.1 Å². The van der Waals surface area contributed by atoms with Gasteiger partial charge in [-0.05, 0) is 32.0 Å². The van der Waals surface area contributed by atoms with Gasteiger partial charge in [0.05, 0.1) is 19.8 Å². The average Bonchev–Trinajstić information content (AvgIpc) is 2.55. The second kappa shape index (κ2) is 8.22. The largest absolute Gasteiger partial charge is 0.493 e. The predicted octanol–water partition coefficient (Wildman–Crippen LogP) is 1.55. The van der Waals surface area contributed by atoms with Crippen molar-refractivity contribution in [2.45, 2.75) is 25.3 Å². The Morgan fingerprint density at radius 3 is 2.71 bits per heavy atom. The molecular weight excluding hydrogens is 268 g/mol. The number of methoxy groups -OCH3 is 1. The fourth-order valence-electron chi connectivity index (χ4n) is 2.70. The summed E-state index contributed by atoms with van der Waals surface area (Å²) in [5.41, 5.74) is 6.72. The Morgan fingerprint density at radius 1 is 1.29 bits per heavy atom. The van der Waals surface area contributed by atoms with Gasteiger partial charge < -0.3 is 20.3 Å². The molecule has 0 bridgehead atoms. The third-order valence-electron chi connectivity index (χ3n) is 3.93. The highest BCUT2D eigenvalue weighted by atomic mass is 16.5. The van der Waals surface area contributed by atoms with Gasteiger partial charge in [-0.1, -0.05) is 18.6 Å². The molecule has 0 unspecified atom stereocenters. The van der Waals surface area contributed by atoms with E-state index < -0.39 is 6.04 Å². The number of nitrogens with two attached hydrogens (primary N) is 1. The summed E-state index contributed by atoms with van der Waals surface area (Å²) in [7, 11) is 1.61. The van der Waals surface area contributed by atoms with Crippen LogP contribution in [0.1, 0.15) is 30.9 Å². The Labute approximate surface area is 126 Å². The van der Waals surface area contributed by atoms with Gasteiger partial charge in [-0.3, -0.25) is 4.90 Å². The Bertz CT molecular complexity index is 434. The van der Waals surface area contributed by atoms with Crippen LogP contribution < -0.4 is 15.2 Å². The van der Waals surface area contributed by atoms with Gasteiger partial charge >= 0.3 is 0 Å². The zero-order valence-electron chi connectivity index (χ0n) is 12.8. The summed E-state index contributed by atoms with van der Waals surface area (Å²) in [6.45, 7) is 3.70. The van der Waals surface area contributed by atoms with E-state index >= 15 is 0 Å². The molecule has 0 spiro atoms. The molecule has 118 valence electrons. The number of nitrogens with zero attached hydrogens (tertiary/aromatic N) is 1. The van der Waals surface area contributed by atoms with Crippen LogP contribution in [-0.4, -0.2) is 50.0 Å². The zero-order chi connectivity index (χ0) is 15.1. The van der Waals surface area contributed by atoms with E-state index in [1.54, 1.807) is 7.11 Å². The van der Waals surface area contributed by atoms with Crippen LogP contribution in [0.3, 0.4) is 0 Å².